The fourth-order valence-corrected chi connectivity index (χ4v) is 0.998. The van der Waals surface area contributed by atoms with Crippen molar-refractivity contribution in [2.45, 2.75) is 39.7 Å². The van der Waals surface area contributed by atoms with Crippen LogP contribution in [0.15, 0.2) is 0 Å². The van der Waals surface area contributed by atoms with Crippen LogP contribution in [-0.4, -0.2) is 24.3 Å². The van der Waals surface area contributed by atoms with Gasteiger partial charge in [-0.3, -0.25) is 0 Å². The molecule has 2 N–H and O–H groups in total. The molecule has 1 atom stereocenters. The van der Waals surface area contributed by atoms with Crippen LogP contribution < -0.4 is 5.32 Å². The van der Waals surface area contributed by atoms with Crippen LogP contribution in [-0.2, 0) is 0 Å². The first-order valence-electron chi connectivity index (χ1n) is 4.73. The Hall–Kier alpha value is -0.590. The first-order chi connectivity index (χ1) is 6.02. The van der Waals surface area contributed by atoms with Gasteiger partial charge in [-0.25, -0.2) is 0 Å². The van der Waals surface area contributed by atoms with Crippen molar-refractivity contribution in [2.24, 2.45) is 5.41 Å². The second-order valence-corrected chi connectivity index (χ2v) is 4.29. The molecule has 0 aromatic rings. The normalized spacial score (nSPS) is 13.8. The highest BCUT2D eigenvalue weighted by Crippen LogP contribution is 2.20. The lowest BCUT2D eigenvalue weighted by molar-refractivity contribution is 0.228. The van der Waals surface area contributed by atoms with Crippen LogP contribution in [0.3, 0.4) is 0 Å². The van der Waals surface area contributed by atoms with Gasteiger partial charge >= 0.3 is 0 Å². The van der Waals surface area contributed by atoms with Crippen LogP contribution in [0, 0.1) is 16.7 Å². The number of aliphatic hydroxyl groups is 1. The third-order valence-electron chi connectivity index (χ3n) is 2.12. The van der Waals surface area contributed by atoms with Crippen molar-refractivity contribution in [3.8, 4) is 6.07 Å². The van der Waals surface area contributed by atoms with Crippen molar-refractivity contribution in [1.29, 1.82) is 5.26 Å². The molecule has 0 heterocycles. The molecule has 0 saturated carbocycles. The molecule has 76 valence electrons. The van der Waals surface area contributed by atoms with Crippen LogP contribution in [0.2, 0.25) is 0 Å². The monoisotopic (exact) mass is 184 g/mol. The highest BCUT2D eigenvalue weighted by atomic mass is 16.3. The summed E-state index contributed by atoms with van der Waals surface area (Å²) in [7, 11) is 0. The topological polar surface area (TPSA) is 56.0 Å². The lowest BCUT2D eigenvalue weighted by Gasteiger charge is -2.25. The first-order valence-corrected chi connectivity index (χ1v) is 4.73. The van der Waals surface area contributed by atoms with Gasteiger partial charge in [0.2, 0.25) is 0 Å². The standard InChI is InChI=1S/C10H20N2O/c1-9(7-13)12-8-10(2,3)5-4-6-11/h9,12-13H,4-5,7-8H2,1-3H3/t9-/m1/s1. The Morgan fingerprint density at radius 2 is 2.15 bits per heavy atom. The molecule has 0 bridgehead atoms. The Kier molecular flexibility index (Phi) is 5.68. The van der Waals surface area contributed by atoms with Gasteiger partial charge in [0.25, 0.3) is 0 Å². The van der Waals surface area contributed by atoms with E-state index >= 15 is 0 Å². The van der Waals surface area contributed by atoms with Crippen LogP contribution in [0.1, 0.15) is 33.6 Å². The van der Waals surface area contributed by atoms with E-state index in [0.717, 1.165) is 13.0 Å². The maximum Gasteiger partial charge on any atom is 0.0621 e. The third-order valence-corrected chi connectivity index (χ3v) is 2.12. The number of aliphatic hydroxyl groups excluding tert-OH is 1. The zero-order valence-corrected chi connectivity index (χ0v) is 8.80. The van der Waals surface area contributed by atoms with E-state index in [1.807, 2.05) is 6.92 Å². The largest absolute Gasteiger partial charge is 0.395 e. The molecule has 0 spiro atoms. The molecule has 0 radical (unpaired) electrons. The Bertz CT molecular complexity index is 172. The van der Waals surface area contributed by atoms with Crippen molar-refractivity contribution in [2.75, 3.05) is 13.2 Å². The smallest absolute Gasteiger partial charge is 0.0621 e. The Morgan fingerprint density at radius 3 is 2.62 bits per heavy atom. The molecule has 3 nitrogen and oxygen atoms in total. The molecule has 13 heavy (non-hydrogen) atoms. The van der Waals surface area contributed by atoms with Gasteiger partial charge in [-0.05, 0) is 18.8 Å². The molecule has 0 amide bonds. The van der Waals surface area contributed by atoms with Gasteiger partial charge in [0.1, 0.15) is 0 Å². The van der Waals surface area contributed by atoms with E-state index in [9.17, 15) is 0 Å². The lowest BCUT2D eigenvalue weighted by Crippen LogP contribution is -2.37. The average molecular weight is 184 g/mol. The van der Waals surface area contributed by atoms with Crippen LogP contribution >= 0.6 is 0 Å². The fourth-order valence-electron chi connectivity index (χ4n) is 0.998. The van der Waals surface area contributed by atoms with E-state index < -0.39 is 0 Å². The molecule has 0 aliphatic carbocycles. The summed E-state index contributed by atoms with van der Waals surface area (Å²) >= 11 is 0. The minimum Gasteiger partial charge on any atom is -0.395 e. The average Bonchev–Trinajstić information content (AvgIpc) is 2.11. The minimum absolute atomic E-state index is 0.138. The zero-order chi connectivity index (χ0) is 10.3. The first kappa shape index (κ1) is 12.4. The van der Waals surface area contributed by atoms with Crippen molar-refractivity contribution in [1.82, 2.24) is 5.32 Å². The molecule has 0 aliphatic heterocycles. The molecule has 0 aliphatic rings. The molecule has 0 rings (SSSR count). The van der Waals surface area contributed by atoms with E-state index in [0.29, 0.717) is 6.42 Å². The number of nitrogens with one attached hydrogen (secondary N) is 1. The number of rotatable bonds is 6. The van der Waals surface area contributed by atoms with E-state index in [4.69, 9.17) is 10.4 Å². The van der Waals surface area contributed by atoms with Gasteiger partial charge in [-0.2, -0.15) is 5.26 Å². The molecule has 0 unspecified atom stereocenters. The van der Waals surface area contributed by atoms with Crippen LogP contribution in [0.25, 0.3) is 0 Å². The summed E-state index contributed by atoms with van der Waals surface area (Å²) in [5, 5.41) is 20.5. The highest BCUT2D eigenvalue weighted by Gasteiger charge is 2.17. The number of nitrogens with zero attached hydrogens (tertiary/aromatic N) is 1. The fraction of sp³-hybridized carbons (Fsp3) is 0.900. The Morgan fingerprint density at radius 1 is 1.54 bits per heavy atom. The Balaban J connectivity index is 3.69. The number of hydrogen-bond acceptors (Lipinski definition) is 3. The molecular formula is C10H20N2O. The van der Waals surface area contributed by atoms with Gasteiger partial charge in [0.15, 0.2) is 0 Å². The van der Waals surface area contributed by atoms with E-state index in [1.165, 1.54) is 0 Å². The summed E-state index contributed by atoms with van der Waals surface area (Å²) < 4.78 is 0. The summed E-state index contributed by atoms with van der Waals surface area (Å²) in [6, 6.07) is 2.29. The van der Waals surface area contributed by atoms with Crippen molar-refractivity contribution in [3.63, 3.8) is 0 Å². The molecular weight excluding hydrogens is 164 g/mol. The molecule has 0 fully saturated rings. The van der Waals surface area contributed by atoms with Crippen LogP contribution in [0.5, 0.6) is 0 Å². The minimum atomic E-state index is 0.138. The van der Waals surface area contributed by atoms with E-state index in [-0.39, 0.29) is 18.1 Å². The molecule has 0 aromatic heterocycles. The SMILES string of the molecule is C[C@H](CO)NCC(C)(C)CCC#N. The predicted molar refractivity (Wildman–Crippen MR) is 53.2 cm³/mol. The van der Waals surface area contributed by atoms with E-state index in [1.54, 1.807) is 0 Å². The summed E-state index contributed by atoms with van der Waals surface area (Å²) in [4.78, 5) is 0. The highest BCUT2D eigenvalue weighted by molar-refractivity contribution is 4.79. The third kappa shape index (κ3) is 6.56. The summed E-state index contributed by atoms with van der Waals surface area (Å²) in [6.07, 6.45) is 1.50. The van der Waals surface area contributed by atoms with E-state index in [2.05, 4.69) is 25.2 Å². The maximum absolute atomic E-state index is 8.79. The van der Waals surface area contributed by atoms with Gasteiger partial charge in [-0.1, -0.05) is 13.8 Å². The van der Waals surface area contributed by atoms with Crippen LogP contribution in [0.4, 0.5) is 0 Å². The quantitative estimate of drug-likeness (QED) is 0.654. The predicted octanol–water partition coefficient (Wildman–Crippen LogP) is 1.29. The second kappa shape index (κ2) is 5.95. The summed E-state index contributed by atoms with van der Waals surface area (Å²) in [6.45, 7) is 7.20. The number of hydrogen-bond donors (Lipinski definition) is 2. The second-order valence-electron chi connectivity index (χ2n) is 4.29. The lowest BCUT2D eigenvalue weighted by atomic mass is 9.88. The van der Waals surface area contributed by atoms with Crippen molar-refractivity contribution < 1.29 is 5.11 Å². The molecule has 0 aromatic carbocycles. The zero-order valence-electron chi connectivity index (χ0n) is 8.80. The van der Waals surface area contributed by atoms with Gasteiger partial charge in [0.05, 0.1) is 12.7 Å². The molecule has 3 heteroatoms. The van der Waals surface area contributed by atoms with Gasteiger partial charge in [0, 0.05) is 19.0 Å². The van der Waals surface area contributed by atoms with Crippen molar-refractivity contribution >= 4 is 0 Å². The van der Waals surface area contributed by atoms with Gasteiger partial charge in [-0.15, -0.1) is 0 Å². The van der Waals surface area contributed by atoms with Crippen molar-refractivity contribution in [3.05, 3.63) is 0 Å². The van der Waals surface area contributed by atoms with Gasteiger partial charge < -0.3 is 10.4 Å². The summed E-state index contributed by atoms with van der Waals surface area (Å²) in [5.41, 5.74) is 0.138. The maximum atomic E-state index is 8.79. The number of nitriles is 1. The summed E-state index contributed by atoms with van der Waals surface area (Å²) in [5.74, 6) is 0. The molecule has 0 saturated heterocycles. The Labute approximate surface area is 80.8 Å².